The summed E-state index contributed by atoms with van der Waals surface area (Å²) in [6, 6.07) is 6.67. The predicted octanol–water partition coefficient (Wildman–Crippen LogP) is 2.07. The molecule has 0 aromatic carbocycles. The van der Waals surface area contributed by atoms with Crippen LogP contribution in [0.4, 0.5) is 0 Å². The van der Waals surface area contributed by atoms with Crippen molar-refractivity contribution >= 4 is 11.8 Å². The van der Waals surface area contributed by atoms with Crippen LogP contribution in [0.3, 0.4) is 0 Å². The Morgan fingerprint density at radius 1 is 1.32 bits per heavy atom. The van der Waals surface area contributed by atoms with Gasteiger partial charge in [-0.05, 0) is 32.0 Å². The molecular weight excluding hydrogens is 244 g/mol. The first-order valence-corrected chi connectivity index (χ1v) is 5.85. The first kappa shape index (κ1) is 13.0. The van der Waals surface area contributed by atoms with Gasteiger partial charge in [0.25, 0.3) is 0 Å². The van der Waals surface area contributed by atoms with Gasteiger partial charge in [0.15, 0.2) is 6.61 Å². The molecule has 19 heavy (non-hydrogen) atoms. The molecule has 1 N–H and O–H groups in total. The molecule has 0 aliphatic carbocycles. The van der Waals surface area contributed by atoms with Crippen LogP contribution in [0.1, 0.15) is 32.2 Å². The van der Waals surface area contributed by atoms with Crippen LogP contribution in [-0.2, 0) is 4.74 Å². The van der Waals surface area contributed by atoms with E-state index in [2.05, 4.69) is 9.97 Å². The van der Waals surface area contributed by atoms with Crippen LogP contribution in [0.2, 0.25) is 0 Å². The van der Waals surface area contributed by atoms with Gasteiger partial charge in [0, 0.05) is 23.1 Å². The van der Waals surface area contributed by atoms with Gasteiger partial charge in [-0.2, -0.15) is 0 Å². The van der Waals surface area contributed by atoms with Crippen molar-refractivity contribution < 1.29 is 14.3 Å². The van der Waals surface area contributed by atoms with Crippen molar-refractivity contribution in [2.75, 3.05) is 6.61 Å². The normalized spacial score (nSPS) is 10.2. The summed E-state index contributed by atoms with van der Waals surface area (Å²) in [5, 5.41) is 0. The number of esters is 1. The number of carbonyl (C=O) groups excluding carboxylic acids is 2. The Hall–Kier alpha value is -2.43. The number of carbonyl (C=O) groups is 2. The van der Waals surface area contributed by atoms with Crippen molar-refractivity contribution in [2.45, 2.75) is 13.8 Å². The van der Waals surface area contributed by atoms with Crippen molar-refractivity contribution in [1.29, 1.82) is 0 Å². The molecule has 5 heteroatoms. The highest BCUT2D eigenvalue weighted by Gasteiger charge is 2.15. The molecule has 2 heterocycles. The molecule has 2 aromatic rings. The first-order chi connectivity index (χ1) is 9.08. The molecule has 0 radical (unpaired) electrons. The number of aromatic amines is 1. The third-order valence-corrected chi connectivity index (χ3v) is 2.66. The molecule has 0 fully saturated rings. The summed E-state index contributed by atoms with van der Waals surface area (Å²) >= 11 is 0. The summed E-state index contributed by atoms with van der Waals surface area (Å²) in [5.74, 6) is -0.829. The predicted molar refractivity (Wildman–Crippen MR) is 69.1 cm³/mol. The maximum atomic E-state index is 11.9. The minimum Gasteiger partial charge on any atom is -0.453 e. The number of hydrogen-bond acceptors (Lipinski definition) is 4. The van der Waals surface area contributed by atoms with Crippen LogP contribution in [-0.4, -0.2) is 28.3 Å². The van der Waals surface area contributed by atoms with Gasteiger partial charge in [-0.3, -0.25) is 4.79 Å². The highest BCUT2D eigenvalue weighted by molar-refractivity contribution is 6.00. The van der Waals surface area contributed by atoms with Crippen LogP contribution >= 0.6 is 0 Å². The van der Waals surface area contributed by atoms with Gasteiger partial charge in [0.1, 0.15) is 5.69 Å². The second-order valence-corrected chi connectivity index (χ2v) is 4.21. The van der Waals surface area contributed by atoms with E-state index in [1.54, 1.807) is 31.2 Å². The van der Waals surface area contributed by atoms with Crippen LogP contribution in [0.5, 0.6) is 0 Å². The highest BCUT2D eigenvalue weighted by atomic mass is 16.5. The Morgan fingerprint density at radius 3 is 2.68 bits per heavy atom. The van der Waals surface area contributed by atoms with Crippen molar-refractivity contribution in [3.05, 3.63) is 53.1 Å². The number of aromatic nitrogens is 2. The second-order valence-electron chi connectivity index (χ2n) is 4.21. The molecule has 0 amide bonds. The van der Waals surface area contributed by atoms with E-state index in [0.717, 1.165) is 11.4 Å². The smallest absolute Gasteiger partial charge is 0.357 e. The number of ketones is 1. The van der Waals surface area contributed by atoms with E-state index >= 15 is 0 Å². The summed E-state index contributed by atoms with van der Waals surface area (Å²) < 4.78 is 4.94. The van der Waals surface area contributed by atoms with Crippen LogP contribution in [0.25, 0.3) is 0 Å². The molecule has 98 valence electrons. The largest absolute Gasteiger partial charge is 0.453 e. The quantitative estimate of drug-likeness (QED) is 0.673. The number of aryl methyl sites for hydroxylation is 2. The summed E-state index contributed by atoms with van der Waals surface area (Å²) in [4.78, 5) is 30.4. The fraction of sp³-hybridized carbons (Fsp3) is 0.214. The standard InChI is InChI=1S/C14H14N2O3/c1-9-7-11(10(2)16-9)13(17)8-19-14(18)12-5-3-4-6-15-12/h3-7,16H,8H2,1-2H3. The lowest BCUT2D eigenvalue weighted by Gasteiger charge is -2.03. The van der Waals surface area contributed by atoms with Gasteiger partial charge in [-0.15, -0.1) is 0 Å². The van der Waals surface area contributed by atoms with Crippen LogP contribution in [0, 0.1) is 13.8 Å². The zero-order chi connectivity index (χ0) is 13.8. The molecule has 5 nitrogen and oxygen atoms in total. The van der Waals surface area contributed by atoms with Crippen molar-refractivity contribution in [2.24, 2.45) is 0 Å². The number of Topliss-reactive ketones (excluding diaryl/α,β-unsaturated/α-hetero) is 1. The van der Waals surface area contributed by atoms with Gasteiger partial charge in [0.05, 0.1) is 0 Å². The molecule has 0 saturated heterocycles. The van der Waals surface area contributed by atoms with Gasteiger partial charge >= 0.3 is 5.97 Å². The summed E-state index contributed by atoms with van der Waals surface area (Å²) in [6.45, 7) is 3.39. The van der Waals surface area contributed by atoms with E-state index in [9.17, 15) is 9.59 Å². The summed E-state index contributed by atoms with van der Waals surface area (Å²) in [5.41, 5.74) is 2.41. The number of H-pyrrole nitrogens is 1. The molecule has 0 atom stereocenters. The van der Waals surface area contributed by atoms with E-state index < -0.39 is 5.97 Å². The van der Waals surface area contributed by atoms with Crippen LogP contribution in [0.15, 0.2) is 30.5 Å². The Bertz CT molecular complexity index is 602. The summed E-state index contributed by atoms with van der Waals surface area (Å²) in [6.07, 6.45) is 1.50. The average molecular weight is 258 g/mol. The number of pyridine rings is 1. The van der Waals surface area contributed by atoms with Crippen molar-refractivity contribution in [1.82, 2.24) is 9.97 Å². The lowest BCUT2D eigenvalue weighted by molar-refractivity contribution is 0.0469. The molecule has 2 aromatic heterocycles. The highest BCUT2D eigenvalue weighted by Crippen LogP contribution is 2.10. The molecule has 0 bridgehead atoms. The number of ether oxygens (including phenoxy) is 1. The number of hydrogen-bond donors (Lipinski definition) is 1. The van der Waals surface area contributed by atoms with E-state index in [4.69, 9.17) is 4.74 Å². The Morgan fingerprint density at radius 2 is 2.11 bits per heavy atom. The maximum absolute atomic E-state index is 11.9. The van der Waals surface area contributed by atoms with Gasteiger partial charge in [-0.25, -0.2) is 9.78 Å². The number of nitrogens with one attached hydrogen (secondary N) is 1. The molecular formula is C14H14N2O3. The minimum absolute atomic E-state index is 0.192. The lowest BCUT2D eigenvalue weighted by atomic mass is 10.1. The third-order valence-electron chi connectivity index (χ3n) is 2.66. The number of nitrogens with zero attached hydrogens (tertiary/aromatic N) is 1. The monoisotopic (exact) mass is 258 g/mol. The number of rotatable bonds is 4. The van der Waals surface area contributed by atoms with Crippen molar-refractivity contribution in [3.8, 4) is 0 Å². The molecule has 0 aliphatic rings. The van der Waals surface area contributed by atoms with Crippen molar-refractivity contribution in [3.63, 3.8) is 0 Å². The van der Waals surface area contributed by atoms with Gasteiger partial charge in [-0.1, -0.05) is 6.07 Å². The Labute approximate surface area is 110 Å². The molecule has 0 spiro atoms. The Balaban J connectivity index is 1.98. The molecule has 0 aliphatic heterocycles. The maximum Gasteiger partial charge on any atom is 0.357 e. The summed E-state index contributed by atoms with van der Waals surface area (Å²) in [7, 11) is 0. The first-order valence-electron chi connectivity index (χ1n) is 5.85. The zero-order valence-electron chi connectivity index (χ0n) is 10.8. The van der Waals surface area contributed by atoms with E-state index in [-0.39, 0.29) is 18.1 Å². The van der Waals surface area contributed by atoms with Crippen LogP contribution < -0.4 is 0 Å². The third kappa shape index (κ3) is 3.07. The van der Waals surface area contributed by atoms with E-state index in [1.807, 2.05) is 6.92 Å². The van der Waals surface area contributed by atoms with Gasteiger partial charge < -0.3 is 9.72 Å². The SMILES string of the molecule is Cc1cc(C(=O)COC(=O)c2ccccn2)c(C)[nH]1. The topological polar surface area (TPSA) is 72.1 Å². The van der Waals surface area contributed by atoms with E-state index in [0.29, 0.717) is 5.56 Å². The minimum atomic E-state index is -0.598. The van der Waals surface area contributed by atoms with E-state index in [1.165, 1.54) is 6.20 Å². The van der Waals surface area contributed by atoms with Gasteiger partial charge in [0.2, 0.25) is 5.78 Å². The molecule has 2 rings (SSSR count). The fourth-order valence-corrected chi connectivity index (χ4v) is 1.78. The second kappa shape index (κ2) is 5.48. The zero-order valence-corrected chi connectivity index (χ0v) is 10.8. The molecule has 0 unspecified atom stereocenters. The average Bonchev–Trinajstić information content (AvgIpc) is 2.75. The lowest BCUT2D eigenvalue weighted by Crippen LogP contribution is -2.15. The molecule has 0 saturated carbocycles. The fourth-order valence-electron chi connectivity index (χ4n) is 1.78. The Kier molecular flexibility index (Phi) is 3.75.